The molecule has 0 aromatic heterocycles. The molecule has 2 aromatic rings. The number of benzene rings is 2. The van der Waals surface area contributed by atoms with Crippen molar-refractivity contribution in [2.24, 2.45) is 0 Å². The predicted octanol–water partition coefficient (Wildman–Crippen LogP) is 8.85. The largest absolute Gasteiger partial charge is 0.371 e. The van der Waals surface area contributed by atoms with Gasteiger partial charge in [-0.15, -0.1) is 6.58 Å². The van der Waals surface area contributed by atoms with E-state index in [-0.39, 0.29) is 0 Å². The van der Waals surface area contributed by atoms with Crippen LogP contribution in [0.25, 0.3) is 0 Å². The third kappa shape index (κ3) is 8.96. The van der Waals surface area contributed by atoms with E-state index in [1.54, 1.807) is 0 Å². The van der Waals surface area contributed by atoms with Crippen LogP contribution >= 0.6 is 11.6 Å². The summed E-state index contributed by atoms with van der Waals surface area (Å²) in [5.41, 5.74) is 7.42. The smallest absolute Gasteiger partial charge is 0.0408 e. The summed E-state index contributed by atoms with van der Waals surface area (Å²) in [7, 11) is 4.34. The minimum Gasteiger partial charge on any atom is -0.371 e. The second kappa shape index (κ2) is 15.5. The molecule has 0 saturated carbocycles. The number of halogens is 1. The molecule has 1 aliphatic heterocycles. The van der Waals surface area contributed by atoms with Gasteiger partial charge in [-0.3, -0.25) is 0 Å². The molecule has 2 nitrogen and oxygen atoms in total. The molecular formula is C33H49ClN2. The number of hydrogen-bond acceptors (Lipinski definition) is 2. The maximum Gasteiger partial charge on any atom is 0.0408 e. The number of allylic oxidation sites excluding steroid dienone is 1. The van der Waals surface area contributed by atoms with Gasteiger partial charge in [0.25, 0.3) is 0 Å². The Morgan fingerprint density at radius 1 is 1.00 bits per heavy atom. The topological polar surface area (TPSA) is 6.48 Å². The van der Waals surface area contributed by atoms with Crippen LogP contribution in [0.3, 0.4) is 0 Å². The molecule has 2 aromatic carbocycles. The molecule has 0 N–H and O–H groups in total. The van der Waals surface area contributed by atoms with Crippen molar-refractivity contribution in [3.63, 3.8) is 0 Å². The summed E-state index contributed by atoms with van der Waals surface area (Å²) >= 11 is 6.41. The number of fused-ring (bicyclic) bond motifs is 1. The fourth-order valence-corrected chi connectivity index (χ4v) is 5.88. The Labute approximate surface area is 226 Å². The number of hydrogen-bond donors (Lipinski definition) is 0. The summed E-state index contributed by atoms with van der Waals surface area (Å²) in [4.78, 5) is 5.02. The third-order valence-electron chi connectivity index (χ3n) is 7.68. The zero-order valence-corrected chi connectivity index (χ0v) is 24.0. The van der Waals surface area contributed by atoms with E-state index in [1.807, 2.05) is 6.08 Å². The normalized spacial score (nSPS) is 15.7. The van der Waals surface area contributed by atoms with Crippen LogP contribution < -0.4 is 4.90 Å². The predicted molar refractivity (Wildman–Crippen MR) is 160 cm³/mol. The SMILES string of the molecule is C=CCCc1ccc2c(c1)N(CCCCCCCCN(C)C)CC(c1ccc(Cl)cc1CCC)CC2. The lowest BCUT2D eigenvalue weighted by Gasteiger charge is -2.29. The molecule has 0 bridgehead atoms. The van der Waals surface area contributed by atoms with Crippen LogP contribution in [0.5, 0.6) is 0 Å². The van der Waals surface area contributed by atoms with Crippen molar-refractivity contribution in [3.05, 3.63) is 76.3 Å². The van der Waals surface area contributed by atoms with Gasteiger partial charge in [0.05, 0.1) is 0 Å². The Kier molecular flexibility index (Phi) is 12.4. The van der Waals surface area contributed by atoms with Crippen LogP contribution in [0, 0.1) is 0 Å². The van der Waals surface area contributed by atoms with Gasteiger partial charge in [0.15, 0.2) is 0 Å². The Balaban J connectivity index is 1.72. The Bertz CT molecular complexity index is 935. The first-order valence-corrected chi connectivity index (χ1v) is 14.8. The van der Waals surface area contributed by atoms with Crippen LogP contribution in [0.2, 0.25) is 5.02 Å². The highest BCUT2D eigenvalue weighted by Gasteiger charge is 2.25. The monoisotopic (exact) mass is 508 g/mol. The van der Waals surface area contributed by atoms with Gasteiger partial charge in [0.1, 0.15) is 0 Å². The van der Waals surface area contributed by atoms with E-state index in [0.29, 0.717) is 5.92 Å². The summed E-state index contributed by atoms with van der Waals surface area (Å²) in [5, 5.41) is 0.869. The molecule has 0 radical (unpaired) electrons. The third-order valence-corrected chi connectivity index (χ3v) is 7.91. The molecule has 3 heteroatoms. The molecule has 0 fully saturated rings. The fraction of sp³-hybridized carbons (Fsp3) is 0.576. The van der Waals surface area contributed by atoms with Crippen molar-refractivity contribution in [2.45, 2.75) is 89.9 Å². The van der Waals surface area contributed by atoms with Crippen LogP contribution in [-0.2, 0) is 19.3 Å². The molecule has 3 rings (SSSR count). The Hall–Kier alpha value is -1.77. The molecule has 0 saturated heterocycles. The van der Waals surface area contributed by atoms with Gasteiger partial charge >= 0.3 is 0 Å². The quantitative estimate of drug-likeness (QED) is 0.175. The molecule has 1 atom stereocenters. The van der Waals surface area contributed by atoms with Gasteiger partial charge in [-0.25, -0.2) is 0 Å². The molecule has 198 valence electrons. The highest BCUT2D eigenvalue weighted by Crippen LogP contribution is 2.36. The molecule has 1 aliphatic rings. The zero-order chi connectivity index (χ0) is 25.8. The maximum atomic E-state index is 6.41. The van der Waals surface area contributed by atoms with Gasteiger partial charge in [-0.05, 0) is 106 Å². The van der Waals surface area contributed by atoms with E-state index in [9.17, 15) is 0 Å². The van der Waals surface area contributed by atoms with E-state index >= 15 is 0 Å². The van der Waals surface area contributed by atoms with Crippen LogP contribution in [0.15, 0.2) is 49.1 Å². The van der Waals surface area contributed by atoms with Crippen molar-refractivity contribution < 1.29 is 0 Å². The van der Waals surface area contributed by atoms with Crippen LogP contribution in [0.1, 0.15) is 92.9 Å². The minimum atomic E-state index is 0.555. The number of nitrogens with zero attached hydrogens (tertiary/aromatic N) is 2. The number of rotatable bonds is 15. The van der Waals surface area contributed by atoms with Gasteiger partial charge in [0, 0.05) is 29.7 Å². The van der Waals surface area contributed by atoms with Crippen LogP contribution in [0.4, 0.5) is 5.69 Å². The van der Waals surface area contributed by atoms with Crippen molar-refractivity contribution in [2.75, 3.05) is 38.6 Å². The number of aryl methyl sites for hydroxylation is 3. The summed E-state index contributed by atoms with van der Waals surface area (Å²) in [6, 6.07) is 13.9. The van der Waals surface area contributed by atoms with Crippen molar-refractivity contribution in [1.29, 1.82) is 0 Å². The highest BCUT2D eigenvalue weighted by molar-refractivity contribution is 6.30. The van der Waals surface area contributed by atoms with Crippen molar-refractivity contribution in [3.8, 4) is 0 Å². The molecular weight excluding hydrogens is 460 g/mol. The molecule has 0 aliphatic carbocycles. The molecule has 1 heterocycles. The maximum absolute atomic E-state index is 6.41. The Morgan fingerprint density at radius 3 is 2.53 bits per heavy atom. The average Bonchev–Trinajstić information content (AvgIpc) is 3.04. The lowest BCUT2D eigenvalue weighted by Crippen LogP contribution is -2.29. The van der Waals surface area contributed by atoms with E-state index in [4.69, 9.17) is 11.6 Å². The molecule has 0 spiro atoms. The molecule has 1 unspecified atom stereocenters. The lowest BCUT2D eigenvalue weighted by molar-refractivity contribution is 0.389. The summed E-state index contributed by atoms with van der Waals surface area (Å²) in [6.07, 6.45) is 16.8. The lowest BCUT2D eigenvalue weighted by atomic mass is 9.88. The summed E-state index contributed by atoms with van der Waals surface area (Å²) < 4.78 is 0. The summed E-state index contributed by atoms with van der Waals surface area (Å²) in [5.74, 6) is 0.555. The van der Waals surface area contributed by atoms with E-state index in [0.717, 1.165) is 50.2 Å². The first-order chi connectivity index (χ1) is 17.5. The first-order valence-electron chi connectivity index (χ1n) is 14.4. The standard InChI is InChI=1S/C33H49ClN2/c1-5-7-15-27-16-17-28-18-19-30(32-21-20-31(34)25-29(32)14-6-2)26-36(33(28)24-27)23-13-11-9-8-10-12-22-35(3)4/h5,16-17,20-21,24-25,30H,1,6-15,18-19,22-23,26H2,2-4H3. The summed E-state index contributed by atoms with van der Waals surface area (Å²) in [6.45, 7) is 9.68. The fourth-order valence-electron chi connectivity index (χ4n) is 5.69. The minimum absolute atomic E-state index is 0.555. The van der Waals surface area contributed by atoms with Crippen LogP contribution in [-0.4, -0.2) is 38.6 Å². The zero-order valence-electron chi connectivity index (χ0n) is 23.2. The van der Waals surface area contributed by atoms with Gasteiger partial charge in [-0.1, -0.05) is 74.9 Å². The highest BCUT2D eigenvalue weighted by atomic mass is 35.5. The van der Waals surface area contributed by atoms with Gasteiger partial charge in [-0.2, -0.15) is 0 Å². The second-order valence-electron chi connectivity index (χ2n) is 11.0. The van der Waals surface area contributed by atoms with Gasteiger partial charge < -0.3 is 9.80 Å². The Morgan fingerprint density at radius 2 is 1.78 bits per heavy atom. The number of anilines is 1. The second-order valence-corrected chi connectivity index (χ2v) is 11.4. The number of unbranched alkanes of at least 4 members (excludes halogenated alkanes) is 5. The van der Waals surface area contributed by atoms with E-state index in [1.165, 1.54) is 79.4 Å². The molecule has 36 heavy (non-hydrogen) atoms. The van der Waals surface area contributed by atoms with Gasteiger partial charge in [0.2, 0.25) is 0 Å². The van der Waals surface area contributed by atoms with E-state index in [2.05, 4.69) is 73.8 Å². The van der Waals surface area contributed by atoms with Crippen molar-refractivity contribution in [1.82, 2.24) is 4.90 Å². The first kappa shape index (κ1) is 28.8. The average molecular weight is 509 g/mol. The van der Waals surface area contributed by atoms with Crippen molar-refractivity contribution >= 4 is 17.3 Å². The van der Waals surface area contributed by atoms with E-state index < -0.39 is 0 Å². The molecule has 0 amide bonds.